The Hall–Kier alpha value is -2.47. The van der Waals surface area contributed by atoms with Gasteiger partial charge in [-0.15, -0.1) is 0 Å². The second kappa shape index (κ2) is 8.69. The number of aromatic nitrogens is 2. The summed E-state index contributed by atoms with van der Waals surface area (Å²) in [5.74, 6) is 1.46. The zero-order valence-corrected chi connectivity index (χ0v) is 16.5. The predicted octanol–water partition coefficient (Wildman–Crippen LogP) is 3.38. The van der Waals surface area contributed by atoms with E-state index in [0.717, 1.165) is 30.8 Å². The van der Waals surface area contributed by atoms with Crippen molar-refractivity contribution in [2.45, 2.75) is 38.6 Å². The predicted molar refractivity (Wildman–Crippen MR) is 109 cm³/mol. The lowest BCUT2D eigenvalue weighted by Gasteiger charge is -2.36. The molecule has 6 nitrogen and oxygen atoms in total. The van der Waals surface area contributed by atoms with Crippen LogP contribution in [0.25, 0.3) is 11.4 Å². The van der Waals surface area contributed by atoms with Crippen LogP contribution in [0.2, 0.25) is 0 Å². The zero-order chi connectivity index (χ0) is 19.3. The molecular formula is C22H28N4O2. The monoisotopic (exact) mass is 380 g/mol. The summed E-state index contributed by atoms with van der Waals surface area (Å²) in [6.07, 6.45) is 4.67. The molecule has 0 radical (unpaired) electrons. The highest BCUT2D eigenvalue weighted by Gasteiger charge is 2.26. The highest BCUT2D eigenvalue weighted by Crippen LogP contribution is 2.28. The Kier molecular flexibility index (Phi) is 5.86. The molecule has 0 bridgehead atoms. The molecule has 1 atom stereocenters. The third-order valence-electron chi connectivity index (χ3n) is 5.65. The van der Waals surface area contributed by atoms with E-state index < -0.39 is 0 Å². The summed E-state index contributed by atoms with van der Waals surface area (Å²) in [5.41, 5.74) is 1.41. The highest BCUT2D eigenvalue weighted by atomic mass is 16.5. The molecular weight excluding hydrogens is 352 g/mol. The van der Waals surface area contributed by atoms with Crippen LogP contribution in [0.3, 0.4) is 0 Å². The van der Waals surface area contributed by atoms with Crippen molar-refractivity contribution in [1.82, 2.24) is 14.9 Å². The fourth-order valence-electron chi connectivity index (χ4n) is 4.06. The summed E-state index contributed by atoms with van der Waals surface area (Å²) in [5, 5.41) is 0. The molecule has 28 heavy (non-hydrogen) atoms. The van der Waals surface area contributed by atoms with Gasteiger partial charge in [-0.05, 0) is 25.7 Å². The van der Waals surface area contributed by atoms with Gasteiger partial charge in [0, 0.05) is 37.3 Å². The molecule has 1 aromatic heterocycles. The number of nitrogens with zero attached hydrogens (tertiary/aromatic N) is 4. The molecule has 3 heterocycles. The van der Waals surface area contributed by atoms with Gasteiger partial charge in [-0.3, -0.25) is 4.79 Å². The summed E-state index contributed by atoms with van der Waals surface area (Å²) in [6.45, 7) is 5.59. The second-order valence-corrected chi connectivity index (χ2v) is 7.46. The van der Waals surface area contributed by atoms with E-state index >= 15 is 0 Å². The van der Waals surface area contributed by atoms with Crippen molar-refractivity contribution in [3.05, 3.63) is 42.1 Å². The smallest absolute Gasteiger partial charge is 0.272 e. The summed E-state index contributed by atoms with van der Waals surface area (Å²) >= 11 is 0. The van der Waals surface area contributed by atoms with E-state index in [2.05, 4.69) is 16.8 Å². The maximum Gasteiger partial charge on any atom is 0.272 e. The molecule has 0 aliphatic carbocycles. The summed E-state index contributed by atoms with van der Waals surface area (Å²) in [6, 6.07) is 12.3. The van der Waals surface area contributed by atoms with E-state index in [4.69, 9.17) is 9.72 Å². The molecule has 2 saturated heterocycles. The van der Waals surface area contributed by atoms with E-state index in [-0.39, 0.29) is 5.91 Å². The Morgan fingerprint density at radius 2 is 1.89 bits per heavy atom. The Morgan fingerprint density at radius 1 is 1.11 bits per heavy atom. The first-order valence-corrected chi connectivity index (χ1v) is 10.3. The van der Waals surface area contributed by atoms with Gasteiger partial charge in [0.15, 0.2) is 5.82 Å². The molecule has 2 aromatic rings. The van der Waals surface area contributed by atoms with Gasteiger partial charge in [-0.2, -0.15) is 0 Å². The van der Waals surface area contributed by atoms with Crippen LogP contribution in [-0.4, -0.2) is 59.7 Å². The summed E-state index contributed by atoms with van der Waals surface area (Å²) in [4.78, 5) is 26.9. The molecule has 4 rings (SSSR count). The van der Waals surface area contributed by atoms with Gasteiger partial charge < -0.3 is 14.5 Å². The highest BCUT2D eigenvalue weighted by molar-refractivity contribution is 5.93. The molecule has 2 aliphatic rings. The normalized spacial score (nSPS) is 20.2. The van der Waals surface area contributed by atoms with Crippen molar-refractivity contribution in [2.24, 2.45) is 0 Å². The average Bonchev–Trinajstić information content (AvgIpc) is 2.79. The third-order valence-corrected chi connectivity index (χ3v) is 5.65. The van der Waals surface area contributed by atoms with Gasteiger partial charge in [-0.25, -0.2) is 9.97 Å². The molecule has 0 spiro atoms. The quantitative estimate of drug-likeness (QED) is 0.814. The molecule has 0 N–H and O–H groups in total. The van der Waals surface area contributed by atoms with Crippen LogP contribution in [0.5, 0.6) is 0 Å². The number of carbonyl (C=O) groups is 1. The van der Waals surface area contributed by atoms with E-state index in [1.54, 1.807) is 0 Å². The maximum absolute atomic E-state index is 13.1. The van der Waals surface area contributed by atoms with Crippen molar-refractivity contribution < 1.29 is 9.53 Å². The Bertz CT molecular complexity index is 805. The fraction of sp³-hybridized carbons (Fsp3) is 0.500. The number of anilines is 1. The second-order valence-electron chi connectivity index (χ2n) is 7.46. The largest absolute Gasteiger partial charge is 0.378 e. The van der Waals surface area contributed by atoms with Crippen molar-refractivity contribution in [1.29, 1.82) is 0 Å². The lowest BCUT2D eigenvalue weighted by atomic mass is 10.00. The summed E-state index contributed by atoms with van der Waals surface area (Å²) < 4.78 is 5.39. The van der Waals surface area contributed by atoms with Crippen molar-refractivity contribution in [3.63, 3.8) is 0 Å². The standard InChI is InChI=1S/C22H28N4O2/c1-2-18-10-6-7-11-26(18)20-16-19(22(27)25-12-14-28-15-13-25)23-21(24-20)17-8-4-3-5-9-17/h3-5,8-9,16,18H,2,6-7,10-15H2,1H3. The average molecular weight is 380 g/mol. The molecule has 2 aliphatic heterocycles. The fourth-order valence-corrected chi connectivity index (χ4v) is 4.06. The van der Waals surface area contributed by atoms with E-state index in [1.165, 1.54) is 12.8 Å². The van der Waals surface area contributed by atoms with Gasteiger partial charge in [0.25, 0.3) is 5.91 Å². The van der Waals surface area contributed by atoms with Crippen molar-refractivity contribution >= 4 is 11.7 Å². The summed E-state index contributed by atoms with van der Waals surface area (Å²) in [7, 11) is 0. The minimum absolute atomic E-state index is 0.0332. The van der Waals surface area contributed by atoms with Gasteiger partial charge in [-0.1, -0.05) is 37.3 Å². The van der Waals surface area contributed by atoms with Crippen LogP contribution in [0.4, 0.5) is 5.82 Å². The van der Waals surface area contributed by atoms with Gasteiger partial charge >= 0.3 is 0 Å². The first kappa shape index (κ1) is 18.9. The molecule has 0 saturated carbocycles. The molecule has 1 unspecified atom stereocenters. The van der Waals surface area contributed by atoms with Crippen molar-refractivity contribution in [2.75, 3.05) is 37.7 Å². The number of morpholine rings is 1. The molecule has 2 fully saturated rings. The first-order valence-electron chi connectivity index (χ1n) is 10.3. The van der Waals surface area contributed by atoms with Crippen LogP contribution in [-0.2, 0) is 4.74 Å². The maximum atomic E-state index is 13.1. The molecule has 6 heteroatoms. The number of carbonyl (C=O) groups excluding carboxylic acids is 1. The minimum Gasteiger partial charge on any atom is -0.378 e. The SMILES string of the molecule is CCC1CCCCN1c1cc(C(=O)N2CCOCC2)nc(-c2ccccc2)n1. The van der Waals surface area contributed by atoms with Crippen LogP contribution in [0.15, 0.2) is 36.4 Å². The number of benzene rings is 1. The van der Waals surface area contributed by atoms with E-state index in [1.807, 2.05) is 41.3 Å². The number of hydrogen-bond acceptors (Lipinski definition) is 5. The Labute approximate surface area is 166 Å². The zero-order valence-electron chi connectivity index (χ0n) is 16.5. The number of piperidine rings is 1. The number of rotatable bonds is 4. The van der Waals surface area contributed by atoms with Gasteiger partial charge in [0.05, 0.1) is 13.2 Å². The van der Waals surface area contributed by atoms with E-state index in [9.17, 15) is 4.79 Å². The Balaban J connectivity index is 1.73. The van der Waals surface area contributed by atoms with E-state index in [0.29, 0.717) is 43.9 Å². The number of ether oxygens (including phenoxy) is 1. The van der Waals surface area contributed by atoms with Gasteiger partial charge in [0.1, 0.15) is 11.5 Å². The van der Waals surface area contributed by atoms with Crippen LogP contribution >= 0.6 is 0 Å². The van der Waals surface area contributed by atoms with Crippen LogP contribution in [0.1, 0.15) is 43.1 Å². The third kappa shape index (κ3) is 4.02. The molecule has 148 valence electrons. The van der Waals surface area contributed by atoms with Crippen LogP contribution in [0, 0.1) is 0 Å². The van der Waals surface area contributed by atoms with Crippen LogP contribution < -0.4 is 4.90 Å². The first-order chi connectivity index (χ1) is 13.8. The molecule has 1 amide bonds. The lowest BCUT2D eigenvalue weighted by molar-refractivity contribution is 0.0299. The van der Waals surface area contributed by atoms with Crippen molar-refractivity contribution in [3.8, 4) is 11.4 Å². The Morgan fingerprint density at radius 3 is 2.64 bits per heavy atom. The topological polar surface area (TPSA) is 58.6 Å². The number of hydrogen-bond donors (Lipinski definition) is 0. The molecule has 1 aromatic carbocycles. The van der Waals surface area contributed by atoms with Gasteiger partial charge in [0.2, 0.25) is 0 Å². The number of amides is 1. The minimum atomic E-state index is -0.0332. The lowest BCUT2D eigenvalue weighted by Crippen LogP contribution is -2.42.